The molecule has 2 rings (SSSR count). The molecule has 1 aliphatic carbocycles. The molecule has 1 fully saturated rings. The molecule has 0 radical (unpaired) electrons. The number of hydrogen-bond acceptors (Lipinski definition) is 2. The summed E-state index contributed by atoms with van der Waals surface area (Å²) in [7, 11) is 1.63. The molecule has 0 aliphatic heterocycles. The van der Waals surface area contributed by atoms with Crippen LogP contribution in [-0.2, 0) is 6.54 Å². The van der Waals surface area contributed by atoms with Crippen molar-refractivity contribution in [2.45, 2.75) is 25.7 Å². The summed E-state index contributed by atoms with van der Waals surface area (Å²) in [6, 6.07) is 6.05. The maximum absolute atomic E-state index is 12.3. The van der Waals surface area contributed by atoms with Gasteiger partial charge in [0, 0.05) is 25.7 Å². The van der Waals surface area contributed by atoms with Crippen molar-refractivity contribution in [1.29, 1.82) is 0 Å². The molecule has 1 aromatic rings. The summed E-state index contributed by atoms with van der Waals surface area (Å²) in [5, 5.41) is 6.13. The van der Waals surface area contributed by atoms with E-state index in [1.54, 1.807) is 19.2 Å². The Balaban J connectivity index is 1.91. The minimum absolute atomic E-state index is 0.199. The van der Waals surface area contributed by atoms with Gasteiger partial charge in [-0.25, -0.2) is 0 Å². The van der Waals surface area contributed by atoms with Gasteiger partial charge >= 0.3 is 6.36 Å². The van der Waals surface area contributed by atoms with Gasteiger partial charge in [0.05, 0.1) is 0 Å². The van der Waals surface area contributed by atoms with Gasteiger partial charge in [-0.2, -0.15) is 0 Å². The zero-order valence-corrected chi connectivity index (χ0v) is 11.7. The van der Waals surface area contributed by atoms with E-state index in [9.17, 15) is 13.2 Å². The molecule has 1 aromatic carbocycles. The number of halogens is 3. The van der Waals surface area contributed by atoms with Crippen molar-refractivity contribution in [3.05, 3.63) is 29.8 Å². The SMILES string of the molecule is CN=C(NCc1ccccc1OC(F)(F)F)NCC1CC1. The Morgan fingerprint density at radius 1 is 1.29 bits per heavy atom. The molecule has 2 N–H and O–H groups in total. The lowest BCUT2D eigenvalue weighted by Crippen LogP contribution is -2.38. The Morgan fingerprint density at radius 3 is 2.62 bits per heavy atom. The maximum Gasteiger partial charge on any atom is 0.573 e. The van der Waals surface area contributed by atoms with Crippen molar-refractivity contribution in [3.63, 3.8) is 0 Å². The summed E-state index contributed by atoms with van der Waals surface area (Å²) in [5.41, 5.74) is 0.421. The van der Waals surface area contributed by atoms with Crippen LogP contribution in [0.2, 0.25) is 0 Å². The molecule has 0 saturated heterocycles. The second kappa shape index (κ2) is 6.69. The average molecular weight is 301 g/mol. The number of benzene rings is 1. The molecule has 1 aliphatic rings. The Labute approximate surface area is 121 Å². The van der Waals surface area contributed by atoms with Gasteiger partial charge in [0.15, 0.2) is 5.96 Å². The van der Waals surface area contributed by atoms with E-state index in [0.29, 0.717) is 17.4 Å². The van der Waals surface area contributed by atoms with E-state index in [2.05, 4.69) is 20.4 Å². The number of alkyl halides is 3. The van der Waals surface area contributed by atoms with Crippen LogP contribution in [0, 0.1) is 5.92 Å². The van der Waals surface area contributed by atoms with E-state index < -0.39 is 6.36 Å². The monoisotopic (exact) mass is 301 g/mol. The Kier molecular flexibility index (Phi) is 4.93. The quantitative estimate of drug-likeness (QED) is 0.649. The highest BCUT2D eigenvalue weighted by atomic mass is 19.4. The first-order chi connectivity index (χ1) is 9.98. The first-order valence-electron chi connectivity index (χ1n) is 6.76. The second-order valence-electron chi connectivity index (χ2n) is 4.91. The highest BCUT2D eigenvalue weighted by Crippen LogP contribution is 2.27. The van der Waals surface area contributed by atoms with Crippen LogP contribution < -0.4 is 15.4 Å². The average Bonchev–Trinajstić information content (AvgIpc) is 3.23. The lowest BCUT2D eigenvalue weighted by atomic mass is 10.2. The molecule has 116 valence electrons. The largest absolute Gasteiger partial charge is 0.573 e. The zero-order chi connectivity index (χ0) is 15.3. The van der Waals surface area contributed by atoms with E-state index in [1.807, 2.05) is 0 Å². The van der Waals surface area contributed by atoms with Crippen LogP contribution in [0.4, 0.5) is 13.2 Å². The smallest absolute Gasteiger partial charge is 0.405 e. The standard InChI is InChI=1S/C14H18F3N3O/c1-18-13(19-8-10-6-7-10)20-9-11-4-2-3-5-12(11)21-14(15,16)17/h2-5,10H,6-9H2,1H3,(H2,18,19,20). The molecule has 4 nitrogen and oxygen atoms in total. The minimum Gasteiger partial charge on any atom is -0.405 e. The van der Waals surface area contributed by atoms with Crippen LogP contribution in [0.3, 0.4) is 0 Å². The van der Waals surface area contributed by atoms with E-state index in [1.165, 1.54) is 25.0 Å². The highest BCUT2D eigenvalue weighted by molar-refractivity contribution is 5.79. The molecule has 0 spiro atoms. The molecular formula is C14H18F3N3O. The van der Waals surface area contributed by atoms with E-state index in [0.717, 1.165) is 6.54 Å². The van der Waals surface area contributed by atoms with Crippen molar-refractivity contribution in [2.75, 3.05) is 13.6 Å². The van der Waals surface area contributed by atoms with Gasteiger partial charge in [-0.05, 0) is 24.8 Å². The molecule has 0 aromatic heterocycles. The third-order valence-corrected chi connectivity index (χ3v) is 3.12. The summed E-state index contributed by atoms with van der Waals surface area (Å²) >= 11 is 0. The second-order valence-corrected chi connectivity index (χ2v) is 4.91. The van der Waals surface area contributed by atoms with Crippen molar-refractivity contribution in [2.24, 2.45) is 10.9 Å². The Morgan fingerprint density at radius 2 is 2.00 bits per heavy atom. The molecule has 0 unspecified atom stereocenters. The fourth-order valence-corrected chi connectivity index (χ4v) is 1.84. The molecule has 0 amide bonds. The summed E-state index contributed by atoms with van der Waals surface area (Å²) in [5.74, 6) is 1.06. The summed E-state index contributed by atoms with van der Waals surface area (Å²) in [6.45, 7) is 1.04. The number of aliphatic imine (C=N–C) groups is 1. The molecule has 21 heavy (non-hydrogen) atoms. The van der Waals surface area contributed by atoms with Gasteiger partial charge in [-0.1, -0.05) is 18.2 Å². The minimum atomic E-state index is -4.69. The number of para-hydroxylation sites is 1. The first kappa shape index (κ1) is 15.5. The normalized spacial score (nSPS) is 15.7. The number of guanidine groups is 1. The van der Waals surface area contributed by atoms with Crippen LogP contribution >= 0.6 is 0 Å². The van der Waals surface area contributed by atoms with Crippen molar-refractivity contribution < 1.29 is 17.9 Å². The molecule has 0 heterocycles. The predicted octanol–water partition coefficient (Wildman–Crippen LogP) is 2.66. The maximum atomic E-state index is 12.3. The molecule has 0 atom stereocenters. The summed E-state index contributed by atoms with van der Waals surface area (Å²) < 4.78 is 41.0. The van der Waals surface area contributed by atoms with Crippen molar-refractivity contribution in [1.82, 2.24) is 10.6 Å². The fourth-order valence-electron chi connectivity index (χ4n) is 1.84. The summed E-state index contributed by atoms with van der Waals surface area (Å²) in [6.07, 6.45) is -2.26. The van der Waals surface area contributed by atoms with Gasteiger partial charge < -0.3 is 15.4 Å². The van der Waals surface area contributed by atoms with Gasteiger partial charge in [0.2, 0.25) is 0 Å². The van der Waals surface area contributed by atoms with Gasteiger partial charge in [-0.15, -0.1) is 13.2 Å². The Bertz CT molecular complexity index is 498. The van der Waals surface area contributed by atoms with Gasteiger partial charge in [-0.3, -0.25) is 4.99 Å². The topological polar surface area (TPSA) is 45.7 Å². The predicted molar refractivity (Wildman–Crippen MR) is 74.1 cm³/mol. The van der Waals surface area contributed by atoms with Crippen LogP contribution in [0.25, 0.3) is 0 Å². The third kappa shape index (κ3) is 5.53. The first-order valence-corrected chi connectivity index (χ1v) is 6.76. The lowest BCUT2D eigenvalue weighted by molar-refractivity contribution is -0.274. The molecule has 0 bridgehead atoms. The highest BCUT2D eigenvalue weighted by Gasteiger charge is 2.31. The van der Waals surface area contributed by atoms with E-state index in [-0.39, 0.29) is 12.3 Å². The van der Waals surface area contributed by atoms with E-state index in [4.69, 9.17) is 0 Å². The van der Waals surface area contributed by atoms with Crippen molar-refractivity contribution in [3.8, 4) is 5.75 Å². The molecule has 1 saturated carbocycles. The Hall–Kier alpha value is -1.92. The van der Waals surface area contributed by atoms with Crippen LogP contribution in [0.15, 0.2) is 29.3 Å². The third-order valence-electron chi connectivity index (χ3n) is 3.12. The summed E-state index contributed by atoms with van der Waals surface area (Å²) in [4.78, 5) is 4.04. The van der Waals surface area contributed by atoms with E-state index >= 15 is 0 Å². The number of hydrogen-bond donors (Lipinski definition) is 2. The number of nitrogens with one attached hydrogen (secondary N) is 2. The fraction of sp³-hybridized carbons (Fsp3) is 0.500. The number of rotatable bonds is 5. The van der Waals surface area contributed by atoms with Gasteiger partial charge in [0.1, 0.15) is 5.75 Å². The number of nitrogens with zero attached hydrogens (tertiary/aromatic N) is 1. The van der Waals surface area contributed by atoms with Crippen LogP contribution in [0.1, 0.15) is 18.4 Å². The zero-order valence-electron chi connectivity index (χ0n) is 11.7. The molecule has 7 heteroatoms. The van der Waals surface area contributed by atoms with Crippen molar-refractivity contribution >= 4 is 5.96 Å². The number of ether oxygens (including phenoxy) is 1. The van der Waals surface area contributed by atoms with Gasteiger partial charge in [0.25, 0.3) is 0 Å². The van der Waals surface area contributed by atoms with Crippen LogP contribution in [-0.4, -0.2) is 25.9 Å². The lowest BCUT2D eigenvalue weighted by Gasteiger charge is -2.15. The van der Waals surface area contributed by atoms with Crippen LogP contribution in [0.5, 0.6) is 5.75 Å². The molecular weight excluding hydrogens is 283 g/mol.